The van der Waals surface area contributed by atoms with Crippen molar-refractivity contribution in [2.45, 2.75) is 38.3 Å². The summed E-state index contributed by atoms with van der Waals surface area (Å²) in [7, 11) is 1.59. The van der Waals surface area contributed by atoms with Gasteiger partial charge in [0.05, 0.1) is 12.8 Å². The zero-order valence-electron chi connectivity index (χ0n) is 12.1. The summed E-state index contributed by atoms with van der Waals surface area (Å²) in [6.07, 6.45) is 3.13. The molecule has 1 fully saturated rings. The van der Waals surface area contributed by atoms with Crippen LogP contribution < -0.4 is 15.8 Å². The van der Waals surface area contributed by atoms with Gasteiger partial charge in [-0.25, -0.2) is 4.79 Å². The van der Waals surface area contributed by atoms with Crippen molar-refractivity contribution in [2.75, 3.05) is 19.0 Å². The quantitative estimate of drug-likeness (QED) is 0.891. The van der Waals surface area contributed by atoms with Crippen molar-refractivity contribution in [1.82, 2.24) is 4.90 Å². The van der Waals surface area contributed by atoms with E-state index in [9.17, 15) is 4.79 Å². The number of nitrogens with one attached hydrogen (secondary N) is 1. The Morgan fingerprint density at radius 2 is 2.20 bits per heavy atom. The second-order valence-electron chi connectivity index (χ2n) is 5.25. The molecule has 110 valence electrons. The zero-order valence-corrected chi connectivity index (χ0v) is 12.1. The Morgan fingerprint density at radius 1 is 1.45 bits per heavy atom. The van der Waals surface area contributed by atoms with Crippen molar-refractivity contribution in [2.24, 2.45) is 5.73 Å². The van der Waals surface area contributed by atoms with E-state index in [0.717, 1.165) is 25.8 Å². The standard InChI is InChI=1S/C15H23N3O2/c1-11(16)13-8-5-6-10-18(13)15(19)17-12-7-3-4-9-14(12)20-2/h3-4,7,9,11,13H,5-6,8,10,16H2,1-2H3,(H,17,19). The summed E-state index contributed by atoms with van der Waals surface area (Å²) in [6, 6.07) is 7.40. The molecular formula is C15H23N3O2. The van der Waals surface area contributed by atoms with E-state index < -0.39 is 0 Å². The van der Waals surface area contributed by atoms with Crippen LogP contribution in [0, 0.1) is 0 Å². The third-order valence-corrected chi connectivity index (χ3v) is 3.77. The fourth-order valence-electron chi connectivity index (χ4n) is 2.69. The molecule has 1 saturated heterocycles. The van der Waals surface area contributed by atoms with E-state index in [4.69, 9.17) is 10.5 Å². The molecule has 1 aliphatic rings. The number of methoxy groups -OCH3 is 1. The first-order chi connectivity index (χ1) is 9.63. The lowest BCUT2D eigenvalue weighted by atomic mass is 9.97. The van der Waals surface area contributed by atoms with Crippen LogP contribution in [0.2, 0.25) is 0 Å². The number of urea groups is 1. The topological polar surface area (TPSA) is 67.6 Å². The molecule has 5 heteroatoms. The van der Waals surface area contributed by atoms with E-state index in [2.05, 4.69) is 5.32 Å². The molecule has 0 aliphatic carbocycles. The Kier molecular flexibility index (Phi) is 4.84. The van der Waals surface area contributed by atoms with Gasteiger partial charge in [0, 0.05) is 18.6 Å². The van der Waals surface area contributed by atoms with Crippen LogP contribution in [0.1, 0.15) is 26.2 Å². The first-order valence-corrected chi connectivity index (χ1v) is 7.09. The van der Waals surface area contributed by atoms with Gasteiger partial charge in [0.2, 0.25) is 0 Å². The maximum atomic E-state index is 12.5. The number of carbonyl (C=O) groups excluding carboxylic acids is 1. The van der Waals surface area contributed by atoms with Crippen LogP contribution in [0.15, 0.2) is 24.3 Å². The first kappa shape index (κ1) is 14.7. The maximum Gasteiger partial charge on any atom is 0.322 e. The molecule has 3 N–H and O–H groups in total. The highest BCUT2D eigenvalue weighted by atomic mass is 16.5. The molecule has 0 spiro atoms. The lowest BCUT2D eigenvalue weighted by molar-refractivity contribution is 0.151. The molecule has 5 nitrogen and oxygen atoms in total. The lowest BCUT2D eigenvalue weighted by Crippen LogP contribution is -2.53. The minimum Gasteiger partial charge on any atom is -0.495 e. The van der Waals surface area contributed by atoms with Gasteiger partial charge in [-0.15, -0.1) is 0 Å². The van der Waals surface area contributed by atoms with Crippen LogP contribution >= 0.6 is 0 Å². The van der Waals surface area contributed by atoms with Gasteiger partial charge in [0.15, 0.2) is 0 Å². The van der Waals surface area contributed by atoms with Crippen LogP contribution in [-0.4, -0.2) is 36.7 Å². The van der Waals surface area contributed by atoms with Gasteiger partial charge >= 0.3 is 6.03 Å². The Bertz CT molecular complexity index is 462. The van der Waals surface area contributed by atoms with E-state index in [-0.39, 0.29) is 18.1 Å². The number of hydrogen-bond donors (Lipinski definition) is 2. The monoisotopic (exact) mass is 277 g/mol. The molecule has 0 aromatic heterocycles. The molecule has 1 aliphatic heterocycles. The summed E-state index contributed by atoms with van der Waals surface area (Å²) in [5.74, 6) is 0.662. The number of benzene rings is 1. The fourth-order valence-corrected chi connectivity index (χ4v) is 2.69. The van der Waals surface area contributed by atoms with E-state index in [1.165, 1.54) is 0 Å². The van der Waals surface area contributed by atoms with Gasteiger partial charge in [-0.3, -0.25) is 0 Å². The molecule has 2 rings (SSSR count). The number of carbonyl (C=O) groups is 1. The van der Waals surface area contributed by atoms with Crippen molar-refractivity contribution in [3.05, 3.63) is 24.3 Å². The summed E-state index contributed by atoms with van der Waals surface area (Å²) in [5.41, 5.74) is 6.69. The minimum absolute atomic E-state index is 0.0151. The largest absolute Gasteiger partial charge is 0.495 e. The molecule has 0 radical (unpaired) electrons. The van der Waals surface area contributed by atoms with Gasteiger partial charge in [0.1, 0.15) is 5.75 Å². The van der Waals surface area contributed by atoms with E-state index in [1.54, 1.807) is 7.11 Å². The number of likely N-dealkylation sites (tertiary alicyclic amines) is 1. The first-order valence-electron chi connectivity index (χ1n) is 7.09. The Hall–Kier alpha value is -1.75. The van der Waals surface area contributed by atoms with Crippen molar-refractivity contribution in [3.8, 4) is 5.75 Å². The second kappa shape index (κ2) is 6.61. The van der Waals surface area contributed by atoms with Crippen LogP contribution in [0.5, 0.6) is 5.75 Å². The molecular weight excluding hydrogens is 254 g/mol. The summed E-state index contributed by atoms with van der Waals surface area (Å²) in [5, 5.41) is 2.92. The second-order valence-corrected chi connectivity index (χ2v) is 5.25. The summed E-state index contributed by atoms with van der Waals surface area (Å²) >= 11 is 0. The smallest absolute Gasteiger partial charge is 0.322 e. The molecule has 2 atom stereocenters. The van der Waals surface area contributed by atoms with Crippen molar-refractivity contribution >= 4 is 11.7 Å². The normalized spacial score (nSPS) is 20.4. The predicted octanol–water partition coefficient (Wildman–Crippen LogP) is 2.43. The van der Waals surface area contributed by atoms with Crippen LogP contribution in [0.25, 0.3) is 0 Å². The number of para-hydroxylation sites is 2. The van der Waals surface area contributed by atoms with Crippen molar-refractivity contribution < 1.29 is 9.53 Å². The molecule has 0 saturated carbocycles. The van der Waals surface area contributed by atoms with Gasteiger partial charge in [-0.05, 0) is 38.3 Å². The minimum atomic E-state index is -0.100. The number of anilines is 1. The highest BCUT2D eigenvalue weighted by Crippen LogP contribution is 2.25. The molecule has 1 aromatic rings. The van der Waals surface area contributed by atoms with Gasteiger partial charge < -0.3 is 20.7 Å². The Labute approximate surface area is 120 Å². The highest BCUT2D eigenvalue weighted by molar-refractivity contribution is 5.91. The predicted molar refractivity (Wildman–Crippen MR) is 80.0 cm³/mol. The number of nitrogens with zero attached hydrogens (tertiary/aromatic N) is 1. The van der Waals surface area contributed by atoms with Gasteiger partial charge in [0.25, 0.3) is 0 Å². The molecule has 0 bridgehead atoms. The van der Waals surface area contributed by atoms with Crippen molar-refractivity contribution in [1.29, 1.82) is 0 Å². The van der Waals surface area contributed by atoms with Crippen LogP contribution in [0.4, 0.5) is 10.5 Å². The molecule has 2 unspecified atom stereocenters. The van der Waals surface area contributed by atoms with E-state index in [1.807, 2.05) is 36.1 Å². The number of nitrogens with two attached hydrogens (primary N) is 1. The van der Waals surface area contributed by atoms with Crippen LogP contribution in [0.3, 0.4) is 0 Å². The molecule has 20 heavy (non-hydrogen) atoms. The third kappa shape index (κ3) is 3.22. The average Bonchev–Trinajstić information content (AvgIpc) is 2.47. The molecule has 1 aromatic carbocycles. The summed E-state index contributed by atoms with van der Waals surface area (Å²) in [4.78, 5) is 14.3. The van der Waals surface area contributed by atoms with E-state index >= 15 is 0 Å². The Morgan fingerprint density at radius 3 is 2.90 bits per heavy atom. The SMILES string of the molecule is COc1ccccc1NC(=O)N1CCCCC1C(C)N. The number of piperidine rings is 1. The number of rotatable bonds is 3. The van der Waals surface area contributed by atoms with Crippen molar-refractivity contribution in [3.63, 3.8) is 0 Å². The average molecular weight is 277 g/mol. The number of hydrogen-bond acceptors (Lipinski definition) is 3. The van der Waals surface area contributed by atoms with Gasteiger partial charge in [-0.2, -0.15) is 0 Å². The van der Waals surface area contributed by atoms with E-state index in [0.29, 0.717) is 11.4 Å². The lowest BCUT2D eigenvalue weighted by Gasteiger charge is -2.38. The number of amides is 2. The summed E-state index contributed by atoms with van der Waals surface area (Å²) < 4.78 is 5.25. The number of ether oxygens (including phenoxy) is 1. The highest BCUT2D eigenvalue weighted by Gasteiger charge is 2.29. The fraction of sp³-hybridized carbons (Fsp3) is 0.533. The summed E-state index contributed by atoms with van der Waals surface area (Å²) in [6.45, 7) is 2.71. The maximum absolute atomic E-state index is 12.5. The molecule has 2 amide bonds. The van der Waals surface area contributed by atoms with Gasteiger partial charge in [-0.1, -0.05) is 12.1 Å². The zero-order chi connectivity index (χ0) is 14.5. The van der Waals surface area contributed by atoms with Crippen LogP contribution in [-0.2, 0) is 0 Å². The third-order valence-electron chi connectivity index (χ3n) is 3.77. The molecule has 1 heterocycles. The Balaban J connectivity index is 2.10.